The molecule has 6 nitrogen and oxygen atoms in total. The first-order valence-corrected chi connectivity index (χ1v) is 8.26. The SMILES string of the molecule is CCOC(=O)CN1C(=S)N[C@@H](c2ccccn2)[C@@H]1c1ccn(C)c1. The molecule has 7 heteroatoms. The van der Waals surface area contributed by atoms with E-state index in [0.29, 0.717) is 11.7 Å². The van der Waals surface area contributed by atoms with Crippen molar-refractivity contribution in [3.63, 3.8) is 0 Å². The minimum atomic E-state index is -0.288. The summed E-state index contributed by atoms with van der Waals surface area (Å²) in [5, 5.41) is 3.84. The Bertz CT molecular complexity index is 731. The molecule has 1 aliphatic rings. The van der Waals surface area contributed by atoms with Crippen LogP contribution >= 0.6 is 12.2 Å². The number of carbonyl (C=O) groups is 1. The molecule has 0 bridgehead atoms. The highest BCUT2D eigenvalue weighted by molar-refractivity contribution is 7.80. The molecule has 1 saturated heterocycles. The molecule has 0 saturated carbocycles. The lowest BCUT2D eigenvalue weighted by Crippen LogP contribution is -2.35. The van der Waals surface area contributed by atoms with E-state index < -0.39 is 0 Å². The summed E-state index contributed by atoms with van der Waals surface area (Å²) >= 11 is 5.48. The van der Waals surface area contributed by atoms with Gasteiger partial charge in [-0.15, -0.1) is 0 Å². The minimum absolute atomic E-state index is 0.113. The first kappa shape index (κ1) is 16.4. The van der Waals surface area contributed by atoms with Gasteiger partial charge in [-0.2, -0.15) is 0 Å². The lowest BCUT2D eigenvalue weighted by atomic mass is 9.99. The van der Waals surface area contributed by atoms with E-state index in [1.165, 1.54) is 0 Å². The van der Waals surface area contributed by atoms with Crippen LogP contribution in [0.5, 0.6) is 0 Å². The molecule has 0 unspecified atom stereocenters. The van der Waals surface area contributed by atoms with Gasteiger partial charge in [-0.1, -0.05) is 6.07 Å². The van der Waals surface area contributed by atoms with Crippen molar-refractivity contribution in [1.82, 2.24) is 19.8 Å². The lowest BCUT2D eigenvalue weighted by molar-refractivity contribution is -0.143. The number of pyridine rings is 1. The maximum atomic E-state index is 12.0. The predicted octanol–water partition coefficient (Wildman–Crippen LogP) is 1.96. The summed E-state index contributed by atoms with van der Waals surface area (Å²) in [5.74, 6) is -0.288. The molecular weight excluding hydrogens is 324 g/mol. The van der Waals surface area contributed by atoms with E-state index in [2.05, 4.69) is 10.3 Å². The fourth-order valence-electron chi connectivity index (χ4n) is 2.98. The van der Waals surface area contributed by atoms with E-state index in [1.807, 2.05) is 53.2 Å². The largest absolute Gasteiger partial charge is 0.465 e. The summed E-state index contributed by atoms with van der Waals surface area (Å²) in [6.07, 6.45) is 5.78. The van der Waals surface area contributed by atoms with Crippen LogP contribution in [0.15, 0.2) is 42.9 Å². The Balaban J connectivity index is 1.95. The zero-order valence-corrected chi connectivity index (χ0v) is 14.5. The van der Waals surface area contributed by atoms with E-state index in [-0.39, 0.29) is 24.6 Å². The van der Waals surface area contributed by atoms with E-state index in [0.717, 1.165) is 11.3 Å². The number of hydrogen-bond acceptors (Lipinski definition) is 4. The van der Waals surface area contributed by atoms with Crippen molar-refractivity contribution >= 4 is 23.3 Å². The number of nitrogens with one attached hydrogen (secondary N) is 1. The second kappa shape index (κ2) is 7.00. The number of thiocarbonyl (C=S) groups is 1. The molecule has 2 aromatic rings. The molecule has 1 fully saturated rings. The fourth-order valence-corrected chi connectivity index (χ4v) is 3.29. The topological polar surface area (TPSA) is 59.4 Å². The van der Waals surface area contributed by atoms with Gasteiger partial charge >= 0.3 is 5.97 Å². The summed E-state index contributed by atoms with van der Waals surface area (Å²) in [6.45, 7) is 2.26. The highest BCUT2D eigenvalue weighted by atomic mass is 32.1. The zero-order valence-electron chi connectivity index (χ0n) is 13.7. The molecule has 1 N–H and O–H groups in total. The highest BCUT2D eigenvalue weighted by Gasteiger charge is 2.41. The Hall–Kier alpha value is -2.41. The van der Waals surface area contributed by atoms with Gasteiger partial charge in [-0.25, -0.2) is 0 Å². The van der Waals surface area contributed by atoms with Crippen molar-refractivity contribution in [3.05, 3.63) is 54.1 Å². The average Bonchev–Trinajstić information content (AvgIpc) is 3.13. The number of rotatable bonds is 5. The van der Waals surface area contributed by atoms with Crippen LogP contribution in [0, 0.1) is 0 Å². The number of carbonyl (C=O) groups excluding carboxylic acids is 1. The summed E-state index contributed by atoms with van der Waals surface area (Å²) in [5.41, 5.74) is 1.96. The van der Waals surface area contributed by atoms with Crippen LogP contribution in [0.3, 0.4) is 0 Å². The monoisotopic (exact) mass is 344 g/mol. The molecule has 0 radical (unpaired) electrons. The molecule has 24 heavy (non-hydrogen) atoms. The minimum Gasteiger partial charge on any atom is -0.465 e. The maximum absolute atomic E-state index is 12.0. The Morgan fingerprint density at radius 3 is 2.88 bits per heavy atom. The number of nitrogens with zero attached hydrogens (tertiary/aromatic N) is 3. The number of aromatic nitrogens is 2. The fraction of sp³-hybridized carbons (Fsp3) is 0.353. The van der Waals surface area contributed by atoms with E-state index in [1.54, 1.807) is 13.1 Å². The van der Waals surface area contributed by atoms with Gasteiger partial charge in [0, 0.05) is 25.6 Å². The molecule has 0 spiro atoms. The normalized spacial score (nSPS) is 20.1. The van der Waals surface area contributed by atoms with Gasteiger partial charge in [0.2, 0.25) is 0 Å². The van der Waals surface area contributed by atoms with Crippen LogP contribution in [-0.4, -0.2) is 38.7 Å². The summed E-state index contributed by atoms with van der Waals surface area (Å²) in [6, 6.07) is 7.60. The molecule has 3 rings (SSSR count). The van der Waals surface area contributed by atoms with Gasteiger partial charge in [-0.05, 0) is 42.9 Å². The third-order valence-electron chi connectivity index (χ3n) is 4.00. The van der Waals surface area contributed by atoms with E-state index >= 15 is 0 Å². The molecule has 0 amide bonds. The van der Waals surface area contributed by atoms with Crippen molar-refractivity contribution in [2.45, 2.75) is 19.0 Å². The maximum Gasteiger partial charge on any atom is 0.325 e. The predicted molar refractivity (Wildman–Crippen MR) is 94.2 cm³/mol. The van der Waals surface area contributed by atoms with Gasteiger partial charge in [0.1, 0.15) is 6.54 Å². The molecule has 2 aromatic heterocycles. The molecule has 126 valence electrons. The Morgan fingerprint density at radius 1 is 1.42 bits per heavy atom. The number of esters is 1. The third-order valence-corrected chi connectivity index (χ3v) is 4.35. The van der Waals surface area contributed by atoms with Crippen LogP contribution in [0.1, 0.15) is 30.3 Å². The van der Waals surface area contributed by atoms with Gasteiger partial charge in [0.25, 0.3) is 0 Å². The number of hydrogen-bond donors (Lipinski definition) is 1. The molecule has 0 aliphatic carbocycles. The Morgan fingerprint density at radius 2 is 2.25 bits per heavy atom. The van der Waals surface area contributed by atoms with Gasteiger partial charge in [-0.3, -0.25) is 9.78 Å². The first-order chi connectivity index (χ1) is 11.6. The van der Waals surface area contributed by atoms with Crippen LogP contribution in [0.2, 0.25) is 0 Å². The Kier molecular flexibility index (Phi) is 4.80. The third kappa shape index (κ3) is 3.26. The van der Waals surface area contributed by atoms with Crippen LogP contribution in [0.25, 0.3) is 0 Å². The van der Waals surface area contributed by atoms with Crippen LogP contribution in [-0.2, 0) is 16.6 Å². The van der Waals surface area contributed by atoms with Crippen LogP contribution in [0.4, 0.5) is 0 Å². The van der Waals surface area contributed by atoms with Crippen molar-refractivity contribution in [2.24, 2.45) is 7.05 Å². The van der Waals surface area contributed by atoms with Gasteiger partial charge < -0.3 is 19.5 Å². The molecule has 0 aromatic carbocycles. The molecule has 2 atom stereocenters. The second-order valence-corrected chi connectivity index (χ2v) is 6.06. The first-order valence-electron chi connectivity index (χ1n) is 7.85. The van der Waals surface area contributed by atoms with Gasteiger partial charge in [0.05, 0.1) is 24.4 Å². The summed E-state index contributed by atoms with van der Waals surface area (Å²) in [4.78, 5) is 18.3. The second-order valence-electron chi connectivity index (χ2n) is 5.67. The average molecular weight is 344 g/mol. The summed E-state index contributed by atoms with van der Waals surface area (Å²) in [7, 11) is 1.97. The Labute approximate surface area is 146 Å². The smallest absolute Gasteiger partial charge is 0.325 e. The standard InChI is InChI=1S/C17H20N4O2S/c1-3-23-14(22)11-21-16(12-7-9-20(2)10-12)15(19-17(21)24)13-6-4-5-8-18-13/h4-10,15-16H,3,11H2,1-2H3,(H,19,24)/t15-,16-/m0/s1. The quantitative estimate of drug-likeness (QED) is 0.661. The molecule has 1 aliphatic heterocycles. The van der Waals surface area contributed by atoms with Crippen molar-refractivity contribution in [1.29, 1.82) is 0 Å². The van der Waals surface area contributed by atoms with Crippen LogP contribution < -0.4 is 5.32 Å². The van der Waals surface area contributed by atoms with Gasteiger partial charge in [0.15, 0.2) is 5.11 Å². The van der Waals surface area contributed by atoms with Crippen molar-refractivity contribution < 1.29 is 9.53 Å². The van der Waals surface area contributed by atoms with Crippen molar-refractivity contribution in [3.8, 4) is 0 Å². The molecule has 3 heterocycles. The lowest BCUT2D eigenvalue weighted by Gasteiger charge is -2.26. The molecular formula is C17H20N4O2S. The summed E-state index contributed by atoms with van der Waals surface area (Å²) < 4.78 is 7.07. The van der Waals surface area contributed by atoms with E-state index in [4.69, 9.17) is 17.0 Å². The zero-order chi connectivity index (χ0) is 17.1. The van der Waals surface area contributed by atoms with E-state index in [9.17, 15) is 4.79 Å². The number of aryl methyl sites for hydroxylation is 1. The highest BCUT2D eigenvalue weighted by Crippen LogP contribution is 2.38. The number of ether oxygens (including phenoxy) is 1. The van der Waals surface area contributed by atoms with Crippen molar-refractivity contribution in [2.75, 3.05) is 13.2 Å².